The van der Waals surface area contributed by atoms with Crippen molar-refractivity contribution in [3.8, 4) is 5.75 Å². The van der Waals surface area contributed by atoms with Gasteiger partial charge in [0.15, 0.2) is 5.13 Å². The van der Waals surface area contributed by atoms with Crippen LogP contribution in [0, 0.1) is 0 Å². The minimum absolute atomic E-state index is 0.0839. The second-order valence-corrected chi connectivity index (χ2v) is 8.52. The molecule has 0 radical (unpaired) electrons. The van der Waals surface area contributed by atoms with Gasteiger partial charge in [0, 0.05) is 50.9 Å². The Morgan fingerprint density at radius 2 is 1.93 bits per heavy atom. The molecule has 0 bridgehead atoms. The smallest absolute Gasteiger partial charge is 0.224 e. The van der Waals surface area contributed by atoms with Crippen LogP contribution in [0.4, 0.5) is 10.8 Å². The van der Waals surface area contributed by atoms with Gasteiger partial charge in [-0.05, 0) is 30.2 Å². The lowest BCUT2D eigenvalue weighted by Crippen LogP contribution is -2.47. The molecule has 0 aliphatic carbocycles. The monoisotopic (exact) mass is 408 g/mol. The van der Waals surface area contributed by atoms with Gasteiger partial charge in [-0.15, -0.1) is 0 Å². The number of anilines is 2. The molecule has 6 nitrogen and oxygen atoms in total. The maximum absolute atomic E-state index is 11.6. The van der Waals surface area contributed by atoms with E-state index in [9.17, 15) is 4.79 Å². The highest BCUT2D eigenvalue weighted by Crippen LogP contribution is 2.29. The fraction of sp³-hybridized carbons (Fsp3) is 0.364. The summed E-state index contributed by atoms with van der Waals surface area (Å²) in [5, 5.41) is 4.05. The molecule has 1 fully saturated rings. The SMILES string of the molecule is O=C1CCc2ccc(OCCN3CCN(c4nc5ccccc5s4)CC3)cc2N1. The molecule has 1 N–H and O–H groups in total. The molecule has 1 saturated heterocycles. The number of amides is 1. The fourth-order valence-electron chi connectivity index (χ4n) is 3.89. The first-order chi connectivity index (χ1) is 14.2. The Morgan fingerprint density at radius 1 is 1.07 bits per heavy atom. The number of ether oxygens (including phenoxy) is 1. The van der Waals surface area contributed by atoms with E-state index in [-0.39, 0.29) is 5.91 Å². The van der Waals surface area contributed by atoms with Crippen molar-refractivity contribution in [2.24, 2.45) is 0 Å². The summed E-state index contributed by atoms with van der Waals surface area (Å²) in [6.07, 6.45) is 1.37. The predicted octanol–water partition coefficient (Wildman–Crippen LogP) is 3.38. The first kappa shape index (κ1) is 18.4. The highest BCUT2D eigenvalue weighted by atomic mass is 32.1. The van der Waals surface area contributed by atoms with Gasteiger partial charge in [0.05, 0.1) is 10.2 Å². The fourth-order valence-corrected chi connectivity index (χ4v) is 4.91. The molecule has 2 aliphatic rings. The summed E-state index contributed by atoms with van der Waals surface area (Å²) >= 11 is 1.77. The summed E-state index contributed by atoms with van der Waals surface area (Å²) in [6.45, 7) is 5.56. The van der Waals surface area contributed by atoms with Crippen molar-refractivity contribution < 1.29 is 9.53 Å². The van der Waals surface area contributed by atoms with Crippen molar-refractivity contribution in [3.63, 3.8) is 0 Å². The molecule has 150 valence electrons. The third kappa shape index (κ3) is 4.06. The number of nitrogens with zero attached hydrogens (tertiary/aromatic N) is 3. The lowest BCUT2D eigenvalue weighted by atomic mass is 10.0. The Kier molecular flexibility index (Phi) is 5.08. The van der Waals surface area contributed by atoms with E-state index in [1.807, 2.05) is 18.2 Å². The van der Waals surface area contributed by atoms with Crippen molar-refractivity contribution in [2.45, 2.75) is 12.8 Å². The first-order valence-corrected chi connectivity index (χ1v) is 10.9. The second-order valence-electron chi connectivity index (χ2n) is 7.51. The van der Waals surface area contributed by atoms with E-state index in [1.165, 1.54) is 10.3 Å². The zero-order chi connectivity index (χ0) is 19.6. The Labute approximate surface area is 174 Å². The summed E-state index contributed by atoms with van der Waals surface area (Å²) in [5.74, 6) is 0.903. The van der Waals surface area contributed by atoms with E-state index in [1.54, 1.807) is 11.3 Å². The van der Waals surface area contributed by atoms with Gasteiger partial charge in [-0.2, -0.15) is 0 Å². The average Bonchev–Trinajstić information content (AvgIpc) is 3.18. The summed E-state index contributed by atoms with van der Waals surface area (Å²) in [4.78, 5) is 21.2. The molecular weight excluding hydrogens is 384 g/mol. The summed E-state index contributed by atoms with van der Waals surface area (Å²) < 4.78 is 7.19. The summed E-state index contributed by atoms with van der Waals surface area (Å²) in [7, 11) is 0. The maximum atomic E-state index is 11.6. The average molecular weight is 409 g/mol. The molecule has 3 aromatic rings. The zero-order valence-electron chi connectivity index (χ0n) is 16.3. The number of thiazole rings is 1. The van der Waals surface area contributed by atoms with Gasteiger partial charge in [-0.25, -0.2) is 4.98 Å². The number of hydrogen-bond donors (Lipinski definition) is 1. The van der Waals surface area contributed by atoms with Gasteiger partial charge >= 0.3 is 0 Å². The Morgan fingerprint density at radius 3 is 2.79 bits per heavy atom. The first-order valence-electron chi connectivity index (χ1n) is 10.1. The van der Waals surface area contributed by atoms with E-state index < -0.39 is 0 Å². The molecule has 1 amide bonds. The minimum atomic E-state index is 0.0839. The number of piperazine rings is 1. The van der Waals surface area contributed by atoms with Crippen LogP contribution in [0.5, 0.6) is 5.75 Å². The van der Waals surface area contributed by atoms with Gasteiger partial charge in [0.25, 0.3) is 0 Å². The quantitative estimate of drug-likeness (QED) is 0.701. The van der Waals surface area contributed by atoms with Gasteiger partial charge in [0.1, 0.15) is 12.4 Å². The molecule has 0 atom stereocenters. The lowest BCUT2D eigenvalue weighted by Gasteiger charge is -2.34. The van der Waals surface area contributed by atoms with Gasteiger partial charge in [-0.3, -0.25) is 9.69 Å². The molecule has 0 spiro atoms. The number of aryl methyl sites for hydroxylation is 1. The third-order valence-electron chi connectivity index (χ3n) is 5.58. The van der Waals surface area contributed by atoms with Crippen LogP contribution in [-0.4, -0.2) is 55.1 Å². The molecule has 5 rings (SSSR count). The van der Waals surface area contributed by atoms with E-state index in [2.05, 4.69) is 39.4 Å². The van der Waals surface area contributed by atoms with E-state index in [0.717, 1.165) is 61.2 Å². The number of para-hydroxylation sites is 1. The second kappa shape index (κ2) is 8.00. The van der Waals surface area contributed by atoms with Gasteiger partial charge < -0.3 is 15.0 Å². The molecule has 7 heteroatoms. The van der Waals surface area contributed by atoms with Crippen molar-refractivity contribution in [1.29, 1.82) is 0 Å². The van der Waals surface area contributed by atoms with Crippen LogP contribution in [0.15, 0.2) is 42.5 Å². The molecule has 29 heavy (non-hydrogen) atoms. The molecule has 2 aromatic carbocycles. The third-order valence-corrected chi connectivity index (χ3v) is 6.68. The number of nitrogens with one attached hydrogen (secondary N) is 1. The lowest BCUT2D eigenvalue weighted by molar-refractivity contribution is -0.116. The van der Waals surface area contributed by atoms with Crippen molar-refractivity contribution in [3.05, 3.63) is 48.0 Å². The summed E-state index contributed by atoms with van der Waals surface area (Å²) in [5.41, 5.74) is 3.16. The van der Waals surface area contributed by atoms with Crippen LogP contribution in [0.3, 0.4) is 0 Å². The van der Waals surface area contributed by atoms with Gasteiger partial charge in [-0.1, -0.05) is 29.5 Å². The Balaban J connectivity index is 1.11. The topological polar surface area (TPSA) is 57.7 Å². The van der Waals surface area contributed by atoms with E-state index >= 15 is 0 Å². The van der Waals surface area contributed by atoms with Crippen LogP contribution in [0.2, 0.25) is 0 Å². The van der Waals surface area contributed by atoms with Crippen LogP contribution in [0.1, 0.15) is 12.0 Å². The maximum Gasteiger partial charge on any atom is 0.224 e. The van der Waals surface area contributed by atoms with Crippen LogP contribution < -0.4 is 15.0 Å². The standard InChI is InChI=1S/C22H24N4O2S/c27-21-8-6-16-5-7-17(15-19(16)23-21)28-14-13-25-9-11-26(12-10-25)22-24-18-3-1-2-4-20(18)29-22/h1-5,7,15H,6,8-14H2,(H,23,27). The molecule has 0 saturated carbocycles. The molecule has 1 aromatic heterocycles. The number of hydrogen-bond acceptors (Lipinski definition) is 6. The van der Waals surface area contributed by atoms with Crippen molar-refractivity contribution >= 4 is 38.3 Å². The van der Waals surface area contributed by atoms with Crippen molar-refractivity contribution in [1.82, 2.24) is 9.88 Å². The highest BCUT2D eigenvalue weighted by Gasteiger charge is 2.20. The predicted molar refractivity (Wildman–Crippen MR) is 117 cm³/mol. The zero-order valence-corrected chi connectivity index (χ0v) is 17.1. The molecule has 3 heterocycles. The number of rotatable bonds is 5. The number of carbonyl (C=O) groups excluding carboxylic acids is 1. The molecule has 2 aliphatic heterocycles. The Hall–Kier alpha value is -2.64. The van der Waals surface area contributed by atoms with Crippen LogP contribution in [-0.2, 0) is 11.2 Å². The van der Waals surface area contributed by atoms with E-state index in [0.29, 0.717) is 13.0 Å². The highest BCUT2D eigenvalue weighted by molar-refractivity contribution is 7.22. The molecular formula is C22H24N4O2S. The number of fused-ring (bicyclic) bond motifs is 2. The largest absolute Gasteiger partial charge is 0.492 e. The molecule has 0 unspecified atom stereocenters. The normalized spacial score (nSPS) is 17.2. The van der Waals surface area contributed by atoms with Crippen LogP contribution >= 0.6 is 11.3 Å². The van der Waals surface area contributed by atoms with Crippen molar-refractivity contribution in [2.75, 3.05) is 49.5 Å². The summed E-state index contributed by atoms with van der Waals surface area (Å²) in [6, 6.07) is 14.3. The van der Waals surface area contributed by atoms with Crippen LogP contribution in [0.25, 0.3) is 10.2 Å². The minimum Gasteiger partial charge on any atom is -0.492 e. The number of aromatic nitrogens is 1. The number of benzene rings is 2. The number of carbonyl (C=O) groups is 1. The van der Waals surface area contributed by atoms with Gasteiger partial charge in [0.2, 0.25) is 5.91 Å². The Bertz CT molecular complexity index is 994. The van der Waals surface area contributed by atoms with E-state index in [4.69, 9.17) is 9.72 Å².